The topological polar surface area (TPSA) is 73.4 Å². The van der Waals surface area contributed by atoms with Gasteiger partial charge in [-0.25, -0.2) is 23.1 Å². The van der Waals surface area contributed by atoms with Gasteiger partial charge in [-0.1, -0.05) is 6.07 Å². The summed E-state index contributed by atoms with van der Waals surface area (Å²) in [5, 5.41) is 0. The maximum Gasteiger partial charge on any atom is 0.269 e. The Labute approximate surface area is 130 Å². The SMILES string of the molecule is NC1=NC(c2cc(-c3cncnc3)ccc2F)(C(F)F)COC1. The smallest absolute Gasteiger partial charge is 0.269 e. The molecule has 0 saturated heterocycles. The lowest BCUT2D eigenvalue weighted by Gasteiger charge is -2.33. The van der Waals surface area contributed by atoms with Gasteiger partial charge < -0.3 is 10.5 Å². The van der Waals surface area contributed by atoms with E-state index in [4.69, 9.17) is 10.5 Å². The average molecular weight is 322 g/mol. The molecule has 1 atom stereocenters. The van der Waals surface area contributed by atoms with Crippen molar-refractivity contribution >= 4 is 5.84 Å². The lowest BCUT2D eigenvalue weighted by atomic mass is 9.88. The van der Waals surface area contributed by atoms with E-state index < -0.39 is 24.4 Å². The third kappa shape index (κ3) is 2.77. The van der Waals surface area contributed by atoms with Crippen LogP contribution in [0.25, 0.3) is 11.1 Å². The Morgan fingerprint density at radius 2 is 1.91 bits per heavy atom. The highest BCUT2D eigenvalue weighted by Gasteiger charge is 2.46. The van der Waals surface area contributed by atoms with E-state index in [0.717, 1.165) is 6.07 Å². The van der Waals surface area contributed by atoms with E-state index in [0.29, 0.717) is 11.1 Å². The van der Waals surface area contributed by atoms with Crippen molar-refractivity contribution in [3.63, 3.8) is 0 Å². The molecule has 0 fully saturated rings. The second-order valence-electron chi connectivity index (χ2n) is 5.14. The minimum absolute atomic E-state index is 0.0533. The van der Waals surface area contributed by atoms with Crippen LogP contribution in [0, 0.1) is 5.82 Å². The number of alkyl halides is 2. The van der Waals surface area contributed by atoms with E-state index in [9.17, 15) is 13.2 Å². The highest BCUT2D eigenvalue weighted by atomic mass is 19.3. The van der Waals surface area contributed by atoms with Crippen LogP contribution in [0.2, 0.25) is 0 Å². The van der Waals surface area contributed by atoms with Crippen LogP contribution in [0.15, 0.2) is 41.9 Å². The Morgan fingerprint density at radius 3 is 2.57 bits per heavy atom. The summed E-state index contributed by atoms with van der Waals surface area (Å²) < 4.78 is 46.8. The number of aliphatic imine (C=N–C) groups is 1. The van der Waals surface area contributed by atoms with Gasteiger partial charge in [0, 0.05) is 23.5 Å². The Morgan fingerprint density at radius 1 is 1.17 bits per heavy atom. The molecular weight excluding hydrogens is 309 g/mol. The van der Waals surface area contributed by atoms with Gasteiger partial charge in [-0.3, -0.25) is 4.99 Å². The maximum atomic E-state index is 14.3. The highest BCUT2D eigenvalue weighted by molar-refractivity contribution is 5.82. The number of aromatic nitrogens is 2. The average Bonchev–Trinajstić information content (AvgIpc) is 2.56. The van der Waals surface area contributed by atoms with Gasteiger partial charge in [-0.05, 0) is 17.7 Å². The molecule has 1 aromatic heterocycles. The predicted molar refractivity (Wildman–Crippen MR) is 77.5 cm³/mol. The van der Waals surface area contributed by atoms with Crippen molar-refractivity contribution < 1.29 is 17.9 Å². The first-order valence-corrected chi connectivity index (χ1v) is 6.78. The van der Waals surface area contributed by atoms with Crippen LogP contribution < -0.4 is 5.73 Å². The van der Waals surface area contributed by atoms with Gasteiger partial charge >= 0.3 is 0 Å². The molecule has 2 N–H and O–H groups in total. The minimum Gasteiger partial charge on any atom is -0.385 e. The molecule has 1 aromatic carbocycles. The van der Waals surface area contributed by atoms with Gasteiger partial charge in [0.1, 0.15) is 24.6 Å². The monoisotopic (exact) mass is 322 g/mol. The highest BCUT2D eigenvalue weighted by Crippen LogP contribution is 2.38. The summed E-state index contributed by atoms with van der Waals surface area (Å²) in [5.74, 6) is -0.891. The molecule has 120 valence electrons. The van der Waals surface area contributed by atoms with Gasteiger partial charge in [0.25, 0.3) is 6.43 Å². The molecular formula is C15H13F3N4O. The van der Waals surface area contributed by atoms with E-state index in [1.54, 1.807) is 0 Å². The number of rotatable bonds is 3. The lowest BCUT2D eigenvalue weighted by Crippen LogP contribution is -2.45. The minimum atomic E-state index is -2.97. The van der Waals surface area contributed by atoms with Gasteiger partial charge in [-0.15, -0.1) is 0 Å². The van der Waals surface area contributed by atoms with Gasteiger partial charge in [0.15, 0.2) is 5.54 Å². The Bertz CT molecular complexity index is 739. The Kier molecular flexibility index (Phi) is 3.99. The summed E-state index contributed by atoms with van der Waals surface area (Å²) in [4.78, 5) is 11.6. The molecule has 0 bridgehead atoms. The van der Waals surface area contributed by atoms with Crippen molar-refractivity contribution in [3.05, 3.63) is 48.3 Å². The van der Waals surface area contributed by atoms with E-state index in [-0.39, 0.29) is 18.0 Å². The molecule has 0 aliphatic carbocycles. The standard InChI is InChI=1S/C15H13F3N4O/c16-12-2-1-9(10-4-20-8-21-5-10)3-11(12)15(14(17)18)7-23-6-13(19)22-15/h1-5,8,14H,6-7H2,(H2,19,22). The molecule has 1 aliphatic heterocycles. The fourth-order valence-electron chi connectivity index (χ4n) is 2.48. The third-order valence-electron chi connectivity index (χ3n) is 3.60. The summed E-state index contributed by atoms with van der Waals surface area (Å²) in [6.07, 6.45) is 1.38. The number of hydrogen-bond acceptors (Lipinski definition) is 5. The van der Waals surface area contributed by atoms with Gasteiger partial charge in [0.2, 0.25) is 0 Å². The molecule has 2 aromatic rings. The largest absolute Gasteiger partial charge is 0.385 e. The molecule has 1 aliphatic rings. The first kappa shape index (κ1) is 15.4. The van der Waals surface area contributed by atoms with Gasteiger partial charge in [-0.2, -0.15) is 0 Å². The van der Waals surface area contributed by atoms with E-state index in [2.05, 4.69) is 15.0 Å². The summed E-state index contributed by atoms with van der Waals surface area (Å²) in [6, 6.07) is 3.89. The van der Waals surface area contributed by atoms with E-state index in [1.807, 2.05) is 0 Å². The molecule has 3 rings (SSSR count). The Balaban J connectivity index is 2.16. The van der Waals surface area contributed by atoms with Crippen LogP contribution >= 0.6 is 0 Å². The first-order chi connectivity index (χ1) is 11.0. The lowest BCUT2D eigenvalue weighted by molar-refractivity contribution is -0.0145. The zero-order valence-corrected chi connectivity index (χ0v) is 11.9. The van der Waals surface area contributed by atoms with Crippen LogP contribution in [0.4, 0.5) is 13.2 Å². The zero-order chi connectivity index (χ0) is 16.4. The molecule has 0 saturated carbocycles. The summed E-state index contributed by atoms with van der Waals surface area (Å²) in [6.45, 7) is -0.501. The molecule has 5 nitrogen and oxygen atoms in total. The van der Waals surface area contributed by atoms with Crippen LogP contribution in [0.1, 0.15) is 5.56 Å². The summed E-state index contributed by atoms with van der Waals surface area (Å²) in [5.41, 5.74) is 4.19. The molecule has 0 radical (unpaired) electrons. The van der Waals surface area contributed by atoms with Crippen LogP contribution in [-0.2, 0) is 10.3 Å². The summed E-state index contributed by atoms with van der Waals surface area (Å²) >= 11 is 0. The molecule has 8 heteroatoms. The quantitative estimate of drug-likeness (QED) is 0.939. The van der Waals surface area contributed by atoms with Crippen molar-refractivity contribution in [1.29, 1.82) is 0 Å². The number of nitrogens with zero attached hydrogens (tertiary/aromatic N) is 3. The normalized spacial score (nSPS) is 21.3. The fraction of sp³-hybridized carbons (Fsp3) is 0.267. The van der Waals surface area contributed by atoms with Crippen molar-refractivity contribution in [3.8, 4) is 11.1 Å². The fourth-order valence-corrected chi connectivity index (χ4v) is 2.48. The number of amidine groups is 1. The predicted octanol–water partition coefficient (Wildman–Crippen LogP) is 2.13. The molecule has 1 unspecified atom stereocenters. The number of benzene rings is 1. The number of ether oxygens (including phenoxy) is 1. The van der Waals surface area contributed by atoms with Crippen molar-refractivity contribution in [1.82, 2.24) is 9.97 Å². The van der Waals surface area contributed by atoms with Gasteiger partial charge in [0.05, 0.1) is 6.61 Å². The van der Waals surface area contributed by atoms with Crippen LogP contribution in [-0.4, -0.2) is 35.4 Å². The maximum absolute atomic E-state index is 14.3. The van der Waals surface area contributed by atoms with Crippen LogP contribution in [0.5, 0.6) is 0 Å². The second kappa shape index (κ2) is 5.96. The van der Waals surface area contributed by atoms with E-state index in [1.165, 1.54) is 30.9 Å². The van der Waals surface area contributed by atoms with E-state index >= 15 is 0 Å². The van der Waals surface area contributed by atoms with Crippen LogP contribution in [0.3, 0.4) is 0 Å². The Hall–Kier alpha value is -2.48. The molecule has 0 amide bonds. The number of hydrogen-bond donors (Lipinski definition) is 1. The number of nitrogens with two attached hydrogens (primary N) is 1. The molecule has 0 spiro atoms. The third-order valence-corrected chi connectivity index (χ3v) is 3.60. The zero-order valence-electron chi connectivity index (χ0n) is 11.9. The molecule has 23 heavy (non-hydrogen) atoms. The first-order valence-electron chi connectivity index (χ1n) is 6.78. The summed E-state index contributed by atoms with van der Waals surface area (Å²) in [7, 11) is 0. The second-order valence-corrected chi connectivity index (χ2v) is 5.14. The van der Waals surface area contributed by atoms with Crippen molar-refractivity contribution in [2.45, 2.75) is 12.0 Å². The molecule has 2 heterocycles. The number of halogens is 3. The van der Waals surface area contributed by atoms with Crippen molar-refractivity contribution in [2.75, 3.05) is 13.2 Å². The van der Waals surface area contributed by atoms with Crippen molar-refractivity contribution in [2.24, 2.45) is 10.7 Å².